The Labute approximate surface area is 218 Å². The Morgan fingerprint density at radius 2 is 0.914 bits per heavy atom. The summed E-state index contributed by atoms with van der Waals surface area (Å²) >= 11 is 0. The van der Waals surface area contributed by atoms with Crippen molar-refractivity contribution in [3.8, 4) is 0 Å². The Morgan fingerprint density at radius 3 is 1.43 bits per heavy atom. The minimum Gasteiger partial charge on any atom is -0.466 e. The third kappa shape index (κ3) is 27.4. The van der Waals surface area contributed by atoms with Gasteiger partial charge in [0.1, 0.15) is 0 Å². The highest BCUT2D eigenvalue weighted by Gasteiger charge is 2.10. The number of rotatable bonds is 27. The molecule has 208 valence electrons. The minimum atomic E-state index is -0.0163. The highest BCUT2D eigenvalue weighted by atomic mass is 16.5. The van der Waals surface area contributed by atoms with E-state index in [1.54, 1.807) is 0 Å². The number of unbranched alkanes of at least 4 members (excludes halogenated alkanes) is 17. The fourth-order valence-electron chi connectivity index (χ4n) is 4.48. The van der Waals surface area contributed by atoms with Crippen molar-refractivity contribution in [1.82, 2.24) is 0 Å². The van der Waals surface area contributed by atoms with Crippen LogP contribution in [0, 0.1) is 5.92 Å². The molecule has 0 saturated carbocycles. The third-order valence-corrected chi connectivity index (χ3v) is 6.86. The van der Waals surface area contributed by atoms with Crippen LogP contribution in [0.4, 0.5) is 0 Å². The summed E-state index contributed by atoms with van der Waals surface area (Å²) in [4.78, 5) is 23.7. The average Bonchev–Trinajstić information content (AvgIpc) is 2.84. The van der Waals surface area contributed by atoms with Gasteiger partial charge in [-0.15, -0.1) is 0 Å². The molecule has 4 nitrogen and oxygen atoms in total. The van der Waals surface area contributed by atoms with Crippen molar-refractivity contribution in [2.75, 3.05) is 13.2 Å². The Hall–Kier alpha value is -1.06. The molecule has 1 atom stereocenters. The predicted molar refractivity (Wildman–Crippen MR) is 149 cm³/mol. The molecule has 0 aliphatic rings. The van der Waals surface area contributed by atoms with Crippen LogP contribution in [-0.2, 0) is 19.1 Å². The number of hydrogen-bond acceptors (Lipinski definition) is 4. The lowest BCUT2D eigenvalue weighted by atomic mass is 9.99. The van der Waals surface area contributed by atoms with Gasteiger partial charge in [0.2, 0.25) is 0 Å². The van der Waals surface area contributed by atoms with E-state index < -0.39 is 0 Å². The smallest absolute Gasteiger partial charge is 0.306 e. The van der Waals surface area contributed by atoms with Crippen LogP contribution in [0.1, 0.15) is 168 Å². The van der Waals surface area contributed by atoms with Gasteiger partial charge in [0.05, 0.1) is 13.2 Å². The molecule has 0 N–H and O–H groups in total. The topological polar surface area (TPSA) is 52.6 Å². The third-order valence-electron chi connectivity index (χ3n) is 6.86. The van der Waals surface area contributed by atoms with E-state index in [2.05, 4.69) is 20.8 Å². The molecule has 0 aromatic heterocycles. The molecule has 0 fully saturated rings. The van der Waals surface area contributed by atoms with Gasteiger partial charge in [0.25, 0.3) is 0 Å². The average molecular weight is 497 g/mol. The molecular weight excluding hydrogens is 436 g/mol. The van der Waals surface area contributed by atoms with Crippen LogP contribution < -0.4 is 0 Å². The number of carbonyl (C=O) groups is 2. The van der Waals surface area contributed by atoms with Gasteiger partial charge < -0.3 is 9.47 Å². The van der Waals surface area contributed by atoms with Crippen molar-refractivity contribution in [3.63, 3.8) is 0 Å². The summed E-state index contributed by atoms with van der Waals surface area (Å²) < 4.78 is 10.7. The lowest BCUT2D eigenvalue weighted by Crippen LogP contribution is -2.10. The standard InChI is InChI=1S/C31H60O4/c1-4-6-8-10-18-22-26-34-30(32)25-21-17-15-13-12-14-16-20-24-29(3)28-31(33)35-27-23-19-11-9-7-5-2/h29H,4-28H2,1-3H3. The summed E-state index contributed by atoms with van der Waals surface area (Å²) in [5.41, 5.74) is 0. The molecule has 0 aromatic rings. The molecule has 0 radical (unpaired) electrons. The lowest BCUT2D eigenvalue weighted by molar-refractivity contribution is -0.145. The molecule has 0 spiro atoms. The molecule has 35 heavy (non-hydrogen) atoms. The van der Waals surface area contributed by atoms with E-state index in [0.29, 0.717) is 32.0 Å². The van der Waals surface area contributed by atoms with Gasteiger partial charge in [0.15, 0.2) is 0 Å². The van der Waals surface area contributed by atoms with E-state index in [1.807, 2.05) is 0 Å². The summed E-state index contributed by atoms with van der Waals surface area (Å²) in [6.07, 6.45) is 26.5. The van der Waals surface area contributed by atoms with Crippen LogP contribution >= 0.6 is 0 Å². The summed E-state index contributed by atoms with van der Waals surface area (Å²) in [7, 11) is 0. The predicted octanol–water partition coefficient (Wildman–Crippen LogP) is 9.72. The second-order valence-corrected chi connectivity index (χ2v) is 10.7. The summed E-state index contributed by atoms with van der Waals surface area (Å²) in [6, 6.07) is 0. The molecule has 0 bridgehead atoms. The van der Waals surface area contributed by atoms with E-state index >= 15 is 0 Å². The summed E-state index contributed by atoms with van der Waals surface area (Å²) in [5.74, 6) is 0.393. The highest BCUT2D eigenvalue weighted by molar-refractivity contribution is 5.69. The largest absolute Gasteiger partial charge is 0.466 e. The first-order valence-electron chi connectivity index (χ1n) is 15.4. The van der Waals surface area contributed by atoms with E-state index in [4.69, 9.17) is 9.47 Å². The molecule has 0 aromatic carbocycles. The number of esters is 2. The molecule has 0 aliphatic carbocycles. The number of carbonyl (C=O) groups excluding carboxylic acids is 2. The van der Waals surface area contributed by atoms with Gasteiger partial charge in [-0.05, 0) is 25.2 Å². The van der Waals surface area contributed by atoms with Crippen LogP contribution in [0.25, 0.3) is 0 Å². The van der Waals surface area contributed by atoms with Crippen LogP contribution in [0.2, 0.25) is 0 Å². The zero-order chi connectivity index (χ0) is 25.8. The first kappa shape index (κ1) is 33.9. The van der Waals surface area contributed by atoms with E-state index in [0.717, 1.165) is 32.1 Å². The van der Waals surface area contributed by atoms with Gasteiger partial charge in [-0.1, -0.05) is 136 Å². The van der Waals surface area contributed by atoms with Crippen LogP contribution in [-0.4, -0.2) is 25.2 Å². The molecule has 0 amide bonds. The van der Waals surface area contributed by atoms with Crippen molar-refractivity contribution >= 4 is 11.9 Å². The first-order valence-corrected chi connectivity index (χ1v) is 15.4. The van der Waals surface area contributed by atoms with Crippen LogP contribution in [0.3, 0.4) is 0 Å². The first-order chi connectivity index (χ1) is 17.1. The van der Waals surface area contributed by atoms with Gasteiger partial charge in [-0.2, -0.15) is 0 Å². The second kappa shape index (κ2) is 27.5. The molecule has 1 unspecified atom stereocenters. The van der Waals surface area contributed by atoms with Crippen LogP contribution in [0.5, 0.6) is 0 Å². The van der Waals surface area contributed by atoms with Crippen molar-refractivity contribution in [2.24, 2.45) is 5.92 Å². The fourth-order valence-corrected chi connectivity index (χ4v) is 4.48. The summed E-state index contributed by atoms with van der Waals surface area (Å²) in [6.45, 7) is 7.82. The highest BCUT2D eigenvalue weighted by Crippen LogP contribution is 2.16. The number of hydrogen-bond donors (Lipinski definition) is 0. The molecule has 4 heteroatoms. The van der Waals surface area contributed by atoms with E-state index in [-0.39, 0.29) is 11.9 Å². The molecule has 0 rings (SSSR count). The van der Waals surface area contributed by atoms with Crippen molar-refractivity contribution in [2.45, 2.75) is 168 Å². The maximum absolute atomic E-state index is 11.9. The number of ether oxygens (including phenoxy) is 2. The van der Waals surface area contributed by atoms with E-state index in [9.17, 15) is 9.59 Å². The Morgan fingerprint density at radius 1 is 0.514 bits per heavy atom. The molecule has 0 aliphatic heterocycles. The lowest BCUT2D eigenvalue weighted by Gasteiger charge is -2.11. The molecule has 0 heterocycles. The normalized spacial score (nSPS) is 12.0. The SMILES string of the molecule is CCCCCCCCOC(=O)CCCCCCCCCCC(C)CC(=O)OCCCCCCCC. The quantitative estimate of drug-likeness (QED) is 0.0838. The summed E-state index contributed by atoms with van der Waals surface area (Å²) in [5, 5.41) is 0. The van der Waals surface area contributed by atoms with E-state index in [1.165, 1.54) is 103 Å². The van der Waals surface area contributed by atoms with Gasteiger partial charge >= 0.3 is 11.9 Å². The second-order valence-electron chi connectivity index (χ2n) is 10.7. The van der Waals surface area contributed by atoms with Gasteiger partial charge in [-0.25, -0.2) is 0 Å². The minimum absolute atomic E-state index is 0.0148. The maximum Gasteiger partial charge on any atom is 0.306 e. The van der Waals surface area contributed by atoms with Crippen molar-refractivity contribution < 1.29 is 19.1 Å². The zero-order valence-corrected chi connectivity index (χ0v) is 23.9. The fraction of sp³-hybridized carbons (Fsp3) is 0.935. The van der Waals surface area contributed by atoms with Gasteiger partial charge in [-0.3, -0.25) is 9.59 Å². The molecular formula is C31H60O4. The van der Waals surface area contributed by atoms with Crippen molar-refractivity contribution in [3.05, 3.63) is 0 Å². The van der Waals surface area contributed by atoms with Crippen molar-refractivity contribution in [1.29, 1.82) is 0 Å². The van der Waals surface area contributed by atoms with Gasteiger partial charge in [0, 0.05) is 12.8 Å². The molecule has 0 saturated heterocycles. The monoisotopic (exact) mass is 496 g/mol. The van der Waals surface area contributed by atoms with Crippen LogP contribution in [0.15, 0.2) is 0 Å². The Balaban J connectivity index is 3.34. The maximum atomic E-state index is 11.9. The zero-order valence-electron chi connectivity index (χ0n) is 23.9. The Kier molecular flexibility index (Phi) is 26.7. The Bertz CT molecular complexity index is 463.